The van der Waals surface area contributed by atoms with Crippen LogP contribution in [0.1, 0.15) is 26.2 Å². The van der Waals surface area contributed by atoms with Crippen molar-refractivity contribution in [3.63, 3.8) is 0 Å². The number of rotatable bonds is 3. The van der Waals surface area contributed by atoms with Crippen molar-refractivity contribution in [2.75, 3.05) is 18.9 Å². The van der Waals surface area contributed by atoms with E-state index in [1.807, 2.05) is 6.92 Å². The molecule has 0 amide bonds. The molecule has 4 nitrogen and oxygen atoms in total. The molecule has 0 aliphatic carbocycles. The Bertz CT molecular complexity index is 246. The van der Waals surface area contributed by atoms with Crippen molar-refractivity contribution in [1.29, 1.82) is 0 Å². The molecule has 0 bridgehead atoms. The highest BCUT2D eigenvalue weighted by Crippen LogP contribution is 2.18. The molecule has 1 N–H and O–H groups in total. The van der Waals surface area contributed by atoms with Crippen molar-refractivity contribution in [1.82, 2.24) is 4.31 Å². The van der Waals surface area contributed by atoms with Gasteiger partial charge in [0, 0.05) is 12.6 Å². The van der Waals surface area contributed by atoms with Crippen molar-refractivity contribution >= 4 is 10.0 Å². The predicted octanol–water partition coefficient (Wildman–Crippen LogP) is 0.183. The van der Waals surface area contributed by atoms with Crippen LogP contribution in [0, 0.1) is 0 Å². The fourth-order valence-corrected chi connectivity index (χ4v) is 3.52. The van der Waals surface area contributed by atoms with E-state index in [1.165, 1.54) is 4.31 Å². The summed E-state index contributed by atoms with van der Waals surface area (Å²) in [6.07, 6.45) is 2.34. The fourth-order valence-electron chi connectivity index (χ4n) is 1.64. The molecule has 1 aliphatic rings. The lowest BCUT2D eigenvalue weighted by molar-refractivity contribution is 0.178. The largest absolute Gasteiger partial charge is 0.395 e. The summed E-state index contributed by atoms with van der Waals surface area (Å²) in [6.45, 7) is 2.39. The van der Waals surface area contributed by atoms with Crippen LogP contribution in [-0.4, -0.2) is 42.8 Å². The Morgan fingerprint density at radius 3 is 2.62 bits per heavy atom. The van der Waals surface area contributed by atoms with Gasteiger partial charge < -0.3 is 5.11 Å². The zero-order valence-corrected chi connectivity index (χ0v) is 8.76. The molecule has 78 valence electrons. The predicted molar refractivity (Wildman–Crippen MR) is 50.9 cm³/mol. The van der Waals surface area contributed by atoms with Gasteiger partial charge in [-0.3, -0.25) is 0 Å². The first-order chi connectivity index (χ1) is 6.11. The van der Waals surface area contributed by atoms with Gasteiger partial charge >= 0.3 is 0 Å². The van der Waals surface area contributed by atoms with Gasteiger partial charge in [0.15, 0.2) is 0 Å². The highest BCUT2D eigenvalue weighted by Gasteiger charge is 2.30. The Kier molecular flexibility index (Phi) is 3.70. The zero-order valence-electron chi connectivity index (χ0n) is 7.94. The summed E-state index contributed by atoms with van der Waals surface area (Å²) in [4.78, 5) is 0. The molecule has 0 saturated carbocycles. The van der Waals surface area contributed by atoms with Crippen LogP contribution in [0.15, 0.2) is 0 Å². The van der Waals surface area contributed by atoms with E-state index in [0.717, 1.165) is 12.8 Å². The van der Waals surface area contributed by atoms with Gasteiger partial charge in [0.05, 0.1) is 12.4 Å². The lowest BCUT2D eigenvalue weighted by Crippen LogP contribution is -2.46. The Morgan fingerprint density at radius 1 is 1.46 bits per heavy atom. The van der Waals surface area contributed by atoms with E-state index in [1.54, 1.807) is 0 Å². The highest BCUT2D eigenvalue weighted by molar-refractivity contribution is 7.89. The molecular formula is C8H17NO3S. The van der Waals surface area contributed by atoms with Gasteiger partial charge in [-0.05, 0) is 19.3 Å². The summed E-state index contributed by atoms with van der Waals surface area (Å²) >= 11 is 0. The smallest absolute Gasteiger partial charge is 0.214 e. The molecule has 0 aromatic rings. The van der Waals surface area contributed by atoms with Crippen LogP contribution in [0.3, 0.4) is 0 Å². The van der Waals surface area contributed by atoms with Crippen LogP contribution in [0.2, 0.25) is 0 Å². The third kappa shape index (κ3) is 2.42. The maximum atomic E-state index is 11.6. The van der Waals surface area contributed by atoms with Crippen LogP contribution >= 0.6 is 0 Å². The van der Waals surface area contributed by atoms with Crippen molar-refractivity contribution in [3.05, 3.63) is 0 Å². The van der Waals surface area contributed by atoms with Gasteiger partial charge in [-0.15, -0.1) is 0 Å². The van der Waals surface area contributed by atoms with Gasteiger partial charge in [-0.1, -0.05) is 6.92 Å². The van der Waals surface area contributed by atoms with E-state index < -0.39 is 10.0 Å². The fraction of sp³-hybridized carbons (Fsp3) is 1.00. The average Bonchev–Trinajstić information content (AvgIpc) is 2.09. The van der Waals surface area contributed by atoms with Gasteiger partial charge in [0.1, 0.15) is 0 Å². The normalized spacial score (nSPS) is 25.7. The molecule has 5 heteroatoms. The second kappa shape index (κ2) is 4.39. The van der Waals surface area contributed by atoms with E-state index in [9.17, 15) is 8.42 Å². The summed E-state index contributed by atoms with van der Waals surface area (Å²) in [5.41, 5.74) is 0. The van der Waals surface area contributed by atoms with E-state index in [0.29, 0.717) is 13.0 Å². The molecule has 1 atom stereocenters. The van der Waals surface area contributed by atoms with E-state index >= 15 is 0 Å². The minimum atomic E-state index is -3.07. The number of aliphatic hydroxyl groups excluding tert-OH is 1. The van der Waals surface area contributed by atoms with Gasteiger partial charge in [0.25, 0.3) is 0 Å². The summed E-state index contributed by atoms with van der Waals surface area (Å²) in [5.74, 6) is 0.240. The van der Waals surface area contributed by atoms with E-state index in [-0.39, 0.29) is 18.4 Å². The Labute approximate surface area is 79.6 Å². The second-order valence-corrected chi connectivity index (χ2v) is 5.42. The zero-order chi connectivity index (χ0) is 9.90. The first-order valence-electron chi connectivity index (χ1n) is 4.72. The van der Waals surface area contributed by atoms with E-state index in [4.69, 9.17) is 5.11 Å². The monoisotopic (exact) mass is 207 g/mol. The molecule has 1 rings (SSSR count). The SMILES string of the molecule is CCC(CO)N1CCCCS1(=O)=O. The van der Waals surface area contributed by atoms with Crippen molar-refractivity contribution in [3.8, 4) is 0 Å². The molecule has 1 heterocycles. The lowest BCUT2D eigenvalue weighted by atomic mass is 10.2. The number of sulfonamides is 1. The first-order valence-corrected chi connectivity index (χ1v) is 6.33. The second-order valence-electron chi connectivity index (χ2n) is 3.38. The molecule has 0 radical (unpaired) electrons. The maximum absolute atomic E-state index is 11.6. The van der Waals surface area contributed by atoms with Crippen molar-refractivity contribution < 1.29 is 13.5 Å². The topological polar surface area (TPSA) is 57.6 Å². The highest BCUT2D eigenvalue weighted by atomic mass is 32.2. The molecule has 1 aliphatic heterocycles. The van der Waals surface area contributed by atoms with Gasteiger partial charge in [-0.2, -0.15) is 4.31 Å². The third-order valence-electron chi connectivity index (χ3n) is 2.48. The minimum absolute atomic E-state index is 0.0737. The Morgan fingerprint density at radius 2 is 2.15 bits per heavy atom. The molecule has 0 aromatic carbocycles. The molecule has 0 aromatic heterocycles. The maximum Gasteiger partial charge on any atom is 0.214 e. The quantitative estimate of drug-likeness (QED) is 0.718. The third-order valence-corrected chi connectivity index (χ3v) is 4.48. The van der Waals surface area contributed by atoms with Crippen molar-refractivity contribution in [2.45, 2.75) is 32.2 Å². The molecule has 1 unspecified atom stereocenters. The van der Waals surface area contributed by atoms with Gasteiger partial charge in [-0.25, -0.2) is 8.42 Å². The number of hydrogen-bond acceptors (Lipinski definition) is 3. The molecule has 1 saturated heterocycles. The molecule has 0 spiro atoms. The Hall–Kier alpha value is -0.130. The van der Waals surface area contributed by atoms with Crippen LogP contribution in [-0.2, 0) is 10.0 Å². The van der Waals surface area contributed by atoms with Gasteiger partial charge in [0.2, 0.25) is 10.0 Å². The van der Waals surface area contributed by atoms with Crippen molar-refractivity contribution in [2.24, 2.45) is 0 Å². The standard InChI is InChI=1S/C8H17NO3S/c1-2-8(7-10)9-5-3-4-6-13(9,11)12/h8,10H,2-7H2,1H3. The molecule has 1 fully saturated rings. The van der Waals surface area contributed by atoms with Crippen LogP contribution in [0.4, 0.5) is 0 Å². The number of hydrogen-bond donors (Lipinski definition) is 1. The number of aliphatic hydroxyl groups is 1. The summed E-state index contributed by atoms with van der Waals surface area (Å²) < 4.78 is 24.6. The summed E-state index contributed by atoms with van der Waals surface area (Å²) in [5, 5.41) is 9.00. The van der Waals surface area contributed by atoms with E-state index in [2.05, 4.69) is 0 Å². The summed E-state index contributed by atoms with van der Waals surface area (Å²) in [6, 6.07) is -0.217. The van der Waals surface area contributed by atoms with Crippen LogP contribution in [0.5, 0.6) is 0 Å². The van der Waals surface area contributed by atoms with Crippen LogP contribution in [0.25, 0.3) is 0 Å². The number of nitrogens with zero attached hydrogens (tertiary/aromatic N) is 1. The molecule has 13 heavy (non-hydrogen) atoms. The van der Waals surface area contributed by atoms with Crippen LogP contribution < -0.4 is 0 Å². The molecular weight excluding hydrogens is 190 g/mol. The Balaban J connectivity index is 2.75. The average molecular weight is 207 g/mol. The summed E-state index contributed by atoms with van der Waals surface area (Å²) in [7, 11) is -3.07. The lowest BCUT2D eigenvalue weighted by Gasteiger charge is -2.31. The minimum Gasteiger partial charge on any atom is -0.395 e. The first kappa shape index (κ1) is 10.9.